The molecule has 1 aliphatic rings. The van der Waals surface area contributed by atoms with E-state index in [2.05, 4.69) is 10.3 Å². The Bertz CT molecular complexity index is 1080. The second kappa shape index (κ2) is 8.62. The summed E-state index contributed by atoms with van der Waals surface area (Å²) in [5.41, 5.74) is 2.16. The lowest BCUT2D eigenvalue weighted by Crippen LogP contribution is -2.48. The van der Waals surface area contributed by atoms with Crippen molar-refractivity contribution >= 4 is 49.7 Å². The summed E-state index contributed by atoms with van der Waals surface area (Å²) < 4.78 is 27.2. The molecule has 3 aromatic rings. The number of hydrogen-bond donors (Lipinski definition) is 0. The molecule has 29 heavy (non-hydrogen) atoms. The molecule has 0 amide bonds. The molecule has 0 bridgehead atoms. The molecule has 0 aliphatic carbocycles. The Morgan fingerprint density at radius 2 is 1.48 bits per heavy atom. The highest BCUT2D eigenvalue weighted by atomic mass is 35.5. The molecular weight excluding hydrogens is 449 g/mol. The van der Waals surface area contributed by atoms with Crippen LogP contribution in [0.2, 0.25) is 10.0 Å². The fourth-order valence-electron chi connectivity index (χ4n) is 3.21. The number of nitrogens with zero attached hydrogens (tertiary/aromatic N) is 3. The number of rotatable bonds is 5. The Morgan fingerprint density at radius 1 is 0.897 bits per heavy atom. The van der Waals surface area contributed by atoms with Gasteiger partial charge in [0.05, 0.1) is 10.6 Å². The van der Waals surface area contributed by atoms with Crippen LogP contribution in [0.25, 0.3) is 0 Å². The maximum atomic E-state index is 12.8. The molecule has 0 unspecified atom stereocenters. The van der Waals surface area contributed by atoms with Crippen LogP contribution in [0.4, 0.5) is 5.13 Å². The molecule has 0 atom stereocenters. The van der Waals surface area contributed by atoms with Gasteiger partial charge >= 0.3 is 0 Å². The van der Waals surface area contributed by atoms with Crippen LogP contribution in [-0.4, -0.2) is 43.9 Å². The van der Waals surface area contributed by atoms with Crippen molar-refractivity contribution in [2.24, 2.45) is 0 Å². The van der Waals surface area contributed by atoms with Gasteiger partial charge in [-0.15, -0.1) is 11.3 Å². The molecule has 2 heterocycles. The van der Waals surface area contributed by atoms with Crippen LogP contribution in [-0.2, 0) is 16.4 Å². The first-order chi connectivity index (χ1) is 13.9. The van der Waals surface area contributed by atoms with Gasteiger partial charge in [0.25, 0.3) is 0 Å². The summed E-state index contributed by atoms with van der Waals surface area (Å²) in [6.45, 7) is 2.08. The van der Waals surface area contributed by atoms with Crippen molar-refractivity contribution in [1.82, 2.24) is 9.29 Å². The first-order valence-corrected chi connectivity index (χ1v) is 12.2. The quantitative estimate of drug-likeness (QED) is 0.551. The SMILES string of the molecule is O=S(=O)(c1ccc(Cl)cc1)N1CCN(c2nc(Cc3ccc(Cl)cc3)cs2)CC1. The lowest BCUT2D eigenvalue weighted by molar-refractivity contribution is 0.384. The lowest BCUT2D eigenvalue weighted by atomic mass is 10.1. The Kier molecular flexibility index (Phi) is 6.13. The molecule has 0 radical (unpaired) electrons. The van der Waals surface area contributed by atoms with Crippen LogP contribution in [0.3, 0.4) is 0 Å². The first kappa shape index (κ1) is 20.6. The van der Waals surface area contributed by atoms with E-state index in [1.165, 1.54) is 4.31 Å². The van der Waals surface area contributed by atoms with Gasteiger partial charge in [0.15, 0.2) is 5.13 Å². The van der Waals surface area contributed by atoms with Crippen LogP contribution >= 0.6 is 34.5 Å². The van der Waals surface area contributed by atoms with Crippen molar-refractivity contribution in [2.45, 2.75) is 11.3 Å². The summed E-state index contributed by atoms with van der Waals surface area (Å²) in [7, 11) is -3.50. The van der Waals surface area contributed by atoms with Gasteiger partial charge in [-0.1, -0.05) is 35.3 Å². The van der Waals surface area contributed by atoms with Gasteiger partial charge in [0.2, 0.25) is 10.0 Å². The maximum absolute atomic E-state index is 12.8. The molecular formula is C20H19Cl2N3O2S2. The van der Waals surface area contributed by atoms with Crippen LogP contribution < -0.4 is 4.90 Å². The molecule has 0 N–H and O–H groups in total. The number of piperazine rings is 1. The van der Waals surface area contributed by atoms with Gasteiger partial charge < -0.3 is 4.90 Å². The van der Waals surface area contributed by atoms with Crippen molar-refractivity contribution in [2.75, 3.05) is 31.1 Å². The minimum absolute atomic E-state index is 0.273. The van der Waals surface area contributed by atoms with E-state index in [-0.39, 0.29) is 4.90 Å². The number of anilines is 1. The summed E-state index contributed by atoms with van der Waals surface area (Å²) in [6, 6.07) is 14.1. The number of hydrogen-bond acceptors (Lipinski definition) is 5. The molecule has 1 fully saturated rings. The van der Waals surface area contributed by atoms with Gasteiger partial charge in [-0.3, -0.25) is 0 Å². The molecule has 0 spiro atoms. The average Bonchev–Trinajstić information content (AvgIpc) is 3.19. The van der Waals surface area contributed by atoms with E-state index in [1.807, 2.05) is 24.3 Å². The van der Waals surface area contributed by atoms with Crippen molar-refractivity contribution in [3.05, 3.63) is 75.2 Å². The normalized spacial score (nSPS) is 15.6. The Hall–Kier alpha value is -1.64. The lowest BCUT2D eigenvalue weighted by Gasteiger charge is -2.33. The summed E-state index contributed by atoms with van der Waals surface area (Å²) in [5, 5.41) is 4.23. The standard InChI is InChI=1S/C20H19Cl2N3O2S2/c21-16-3-1-15(2-4-16)13-18-14-28-20(23-18)24-9-11-25(12-10-24)29(26,27)19-7-5-17(22)6-8-19/h1-8,14H,9-13H2. The van der Waals surface area contributed by atoms with Crippen molar-refractivity contribution in [3.8, 4) is 0 Å². The fourth-order valence-corrected chi connectivity index (χ4v) is 5.76. The summed E-state index contributed by atoms with van der Waals surface area (Å²) >= 11 is 13.4. The largest absolute Gasteiger partial charge is 0.345 e. The molecule has 1 saturated heterocycles. The Labute approximate surface area is 184 Å². The van der Waals surface area contributed by atoms with E-state index in [1.54, 1.807) is 35.6 Å². The summed E-state index contributed by atoms with van der Waals surface area (Å²) in [4.78, 5) is 7.15. The van der Waals surface area contributed by atoms with Gasteiger partial charge in [0.1, 0.15) is 0 Å². The molecule has 4 rings (SSSR count). The molecule has 1 aliphatic heterocycles. The topological polar surface area (TPSA) is 53.5 Å². The number of thiazole rings is 1. The average molecular weight is 468 g/mol. The van der Waals surface area contributed by atoms with Gasteiger partial charge in [0, 0.05) is 48.0 Å². The number of aromatic nitrogens is 1. The maximum Gasteiger partial charge on any atom is 0.243 e. The van der Waals surface area contributed by atoms with Crippen molar-refractivity contribution < 1.29 is 8.42 Å². The first-order valence-electron chi connectivity index (χ1n) is 9.11. The molecule has 1 aromatic heterocycles. The Morgan fingerprint density at radius 3 is 2.10 bits per heavy atom. The van der Waals surface area contributed by atoms with Crippen LogP contribution in [0.5, 0.6) is 0 Å². The van der Waals surface area contributed by atoms with E-state index in [9.17, 15) is 8.42 Å². The second-order valence-corrected chi connectivity index (χ2v) is 10.4. The second-order valence-electron chi connectivity index (χ2n) is 6.77. The van der Waals surface area contributed by atoms with Crippen LogP contribution in [0.15, 0.2) is 58.8 Å². The third-order valence-electron chi connectivity index (χ3n) is 4.80. The van der Waals surface area contributed by atoms with Gasteiger partial charge in [-0.05, 0) is 42.0 Å². The Balaban J connectivity index is 1.39. The third kappa shape index (κ3) is 4.75. The zero-order valence-electron chi connectivity index (χ0n) is 15.5. The minimum atomic E-state index is -3.50. The van der Waals surface area contributed by atoms with E-state index in [4.69, 9.17) is 28.2 Å². The molecule has 2 aromatic carbocycles. The zero-order chi connectivity index (χ0) is 20.4. The van der Waals surface area contributed by atoms with Crippen LogP contribution in [0, 0.1) is 0 Å². The molecule has 0 saturated carbocycles. The summed E-state index contributed by atoms with van der Waals surface area (Å²) in [5.74, 6) is 0. The third-order valence-corrected chi connectivity index (χ3v) is 8.17. The highest BCUT2D eigenvalue weighted by Gasteiger charge is 2.29. The molecule has 5 nitrogen and oxygen atoms in total. The van der Waals surface area contributed by atoms with E-state index < -0.39 is 10.0 Å². The predicted octanol–water partition coefficient (Wildman–Crippen LogP) is 4.55. The van der Waals surface area contributed by atoms with E-state index in [0.717, 1.165) is 27.8 Å². The van der Waals surface area contributed by atoms with E-state index in [0.29, 0.717) is 31.2 Å². The number of benzene rings is 2. The van der Waals surface area contributed by atoms with Gasteiger partial charge in [-0.2, -0.15) is 4.31 Å². The predicted molar refractivity (Wildman–Crippen MR) is 119 cm³/mol. The van der Waals surface area contributed by atoms with Crippen molar-refractivity contribution in [1.29, 1.82) is 0 Å². The number of halogens is 2. The minimum Gasteiger partial charge on any atom is -0.345 e. The summed E-state index contributed by atoms with van der Waals surface area (Å²) in [6.07, 6.45) is 0.749. The van der Waals surface area contributed by atoms with Crippen LogP contribution in [0.1, 0.15) is 11.3 Å². The van der Waals surface area contributed by atoms with Gasteiger partial charge in [-0.25, -0.2) is 13.4 Å². The monoisotopic (exact) mass is 467 g/mol. The fraction of sp³-hybridized carbons (Fsp3) is 0.250. The smallest absolute Gasteiger partial charge is 0.243 e. The molecule has 9 heteroatoms. The zero-order valence-corrected chi connectivity index (χ0v) is 18.6. The number of sulfonamides is 1. The highest BCUT2D eigenvalue weighted by Crippen LogP contribution is 2.26. The van der Waals surface area contributed by atoms with Crippen molar-refractivity contribution in [3.63, 3.8) is 0 Å². The molecule has 152 valence electrons. The highest BCUT2D eigenvalue weighted by molar-refractivity contribution is 7.89. The van der Waals surface area contributed by atoms with E-state index >= 15 is 0 Å².